The maximum Gasteiger partial charge on any atom is 0.214 e. The molecule has 1 aliphatic heterocycles. The second-order valence-corrected chi connectivity index (χ2v) is 6.53. The lowest BCUT2D eigenvalue weighted by atomic mass is 10.2. The fourth-order valence-corrected chi connectivity index (χ4v) is 3.69. The summed E-state index contributed by atoms with van der Waals surface area (Å²) < 4.78 is 25.4. The van der Waals surface area contributed by atoms with Crippen LogP contribution in [-0.2, 0) is 10.0 Å². The van der Waals surface area contributed by atoms with Crippen LogP contribution in [0.1, 0.15) is 20.3 Å². The molecule has 0 bridgehead atoms. The van der Waals surface area contributed by atoms with E-state index in [1.807, 2.05) is 13.8 Å². The molecule has 0 saturated carbocycles. The van der Waals surface area contributed by atoms with Gasteiger partial charge in [-0.25, -0.2) is 8.42 Å². The van der Waals surface area contributed by atoms with Gasteiger partial charge in [-0.1, -0.05) is 18.6 Å². The lowest BCUT2D eigenvalue weighted by molar-refractivity contribution is 0.423. The van der Waals surface area contributed by atoms with Gasteiger partial charge in [0.15, 0.2) is 0 Å². The van der Waals surface area contributed by atoms with E-state index >= 15 is 0 Å². The number of hydrogen-bond donors (Lipinski definition) is 0. The number of rotatable bonds is 4. The van der Waals surface area contributed by atoms with Gasteiger partial charge in [-0.15, -0.1) is 11.6 Å². The predicted octanol–water partition coefficient (Wildman–Crippen LogP) is 1.84. The standard InChI is InChI=1S/C10H18ClNO2S/c1-9-4-3-5-12(7-9)15(13,14)8-10(2)6-11/h4,10H,3,5-8H2,1-2H3. The van der Waals surface area contributed by atoms with Crippen molar-refractivity contribution in [1.29, 1.82) is 0 Å². The zero-order chi connectivity index (χ0) is 11.5. The van der Waals surface area contributed by atoms with Crippen LogP contribution in [0.3, 0.4) is 0 Å². The molecule has 0 aromatic heterocycles. The summed E-state index contributed by atoms with van der Waals surface area (Å²) in [4.78, 5) is 0. The Hall–Kier alpha value is -0.0600. The SMILES string of the molecule is CC1=CCCN(S(=O)(=O)CC(C)CCl)C1. The van der Waals surface area contributed by atoms with E-state index in [9.17, 15) is 8.42 Å². The summed E-state index contributed by atoms with van der Waals surface area (Å²) in [6.07, 6.45) is 2.91. The molecule has 1 heterocycles. The lowest BCUT2D eigenvalue weighted by Gasteiger charge is -2.26. The molecule has 3 nitrogen and oxygen atoms in total. The van der Waals surface area contributed by atoms with Crippen molar-refractivity contribution in [3.05, 3.63) is 11.6 Å². The molecule has 1 aliphatic rings. The van der Waals surface area contributed by atoms with Gasteiger partial charge in [0.1, 0.15) is 0 Å². The van der Waals surface area contributed by atoms with Gasteiger partial charge in [-0.2, -0.15) is 4.31 Å². The molecular weight excluding hydrogens is 234 g/mol. The van der Waals surface area contributed by atoms with Crippen LogP contribution in [0, 0.1) is 5.92 Å². The summed E-state index contributed by atoms with van der Waals surface area (Å²) in [7, 11) is -3.12. The Morgan fingerprint density at radius 3 is 2.80 bits per heavy atom. The van der Waals surface area contributed by atoms with E-state index in [-0.39, 0.29) is 11.7 Å². The first-order chi connectivity index (χ1) is 6.95. The number of alkyl halides is 1. The number of sulfonamides is 1. The Bertz CT molecular complexity index is 337. The fourth-order valence-electron chi connectivity index (χ4n) is 1.62. The molecule has 0 fully saturated rings. The molecular formula is C10H18ClNO2S. The molecule has 0 aromatic carbocycles. The average molecular weight is 252 g/mol. The topological polar surface area (TPSA) is 37.4 Å². The number of nitrogens with zero attached hydrogens (tertiary/aromatic N) is 1. The van der Waals surface area contributed by atoms with Gasteiger partial charge in [0.2, 0.25) is 10.0 Å². The number of hydrogen-bond acceptors (Lipinski definition) is 2. The molecule has 1 rings (SSSR count). The fraction of sp³-hybridized carbons (Fsp3) is 0.800. The minimum atomic E-state index is -3.12. The van der Waals surface area contributed by atoms with Crippen molar-refractivity contribution in [1.82, 2.24) is 4.31 Å². The molecule has 0 N–H and O–H groups in total. The monoisotopic (exact) mass is 251 g/mol. The lowest BCUT2D eigenvalue weighted by Crippen LogP contribution is -2.38. The summed E-state index contributed by atoms with van der Waals surface area (Å²) in [5.74, 6) is 0.564. The van der Waals surface area contributed by atoms with Gasteiger partial charge in [0.05, 0.1) is 5.75 Å². The van der Waals surface area contributed by atoms with Crippen LogP contribution < -0.4 is 0 Å². The van der Waals surface area contributed by atoms with Crippen molar-refractivity contribution < 1.29 is 8.42 Å². The van der Waals surface area contributed by atoms with Crippen LogP contribution in [0.15, 0.2) is 11.6 Å². The highest BCUT2D eigenvalue weighted by Crippen LogP contribution is 2.15. The zero-order valence-electron chi connectivity index (χ0n) is 9.24. The van der Waals surface area contributed by atoms with Gasteiger partial charge in [-0.05, 0) is 19.3 Å². The summed E-state index contributed by atoms with van der Waals surface area (Å²) in [6.45, 7) is 4.97. The van der Waals surface area contributed by atoms with Crippen molar-refractivity contribution in [2.75, 3.05) is 24.7 Å². The molecule has 5 heteroatoms. The predicted molar refractivity (Wildman–Crippen MR) is 63.6 cm³/mol. The first-order valence-electron chi connectivity index (χ1n) is 5.15. The minimum absolute atomic E-state index is 0.0166. The summed E-state index contributed by atoms with van der Waals surface area (Å²) in [5, 5.41) is 0. The molecule has 0 aliphatic carbocycles. The molecule has 0 amide bonds. The summed E-state index contributed by atoms with van der Waals surface area (Å²) in [5.41, 5.74) is 1.13. The minimum Gasteiger partial charge on any atom is -0.212 e. The van der Waals surface area contributed by atoms with Crippen molar-refractivity contribution >= 4 is 21.6 Å². The molecule has 1 unspecified atom stereocenters. The zero-order valence-corrected chi connectivity index (χ0v) is 10.8. The molecule has 0 spiro atoms. The smallest absolute Gasteiger partial charge is 0.212 e. The van der Waals surface area contributed by atoms with Crippen LogP contribution in [0.25, 0.3) is 0 Å². The highest BCUT2D eigenvalue weighted by Gasteiger charge is 2.25. The first-order valence-corrected chi connectivity index (χ1v) is 7.29. The van der Waals surface area contributed by atoms with Gasteiger partial charge >= 0.3 is 0 Å². The Morgan fingerprint density at radius 1 is 1.60 bits per heavy atom. The molecule has 15 heavy (non-hydrogen) atoms. The molecule has 88 valence electrons. The highest BCUT2D eigenvalue weighted by atomic mass is 35.5. The third kappa shape index (κ3) is 3.78. The third-order valence-electron chi connectivity index (χ3n) is 2.45. The van der Waals surface area contributed by atoms with E-state index in [4.69, 9.17) is 11.6 Å². The van der Waals surface area contributed by atoms with Crippen LogP contribution in [0.4, 0.5) is 0 Å². The highest BCUT2D eigenvalue weighted by molar-refractivity contribution is 7.89. The third-order valence-corrected chi connectivity index (χ3v) is 5.06. The van der Waals surface area contributed by atoms with Gasteiger partial charge < -0.3 is 0 Å². The molecule has 1 atom stereocenters. The van der Waals surface area contributed by atoms with Crippen molar-refractivity contribution in [2.24, 2.45) is 5.92 Å². The van der Waals surface area contributed by atoms with Crippen LogP contribution in [0.2, 0.25) is 0 Å². The van der Waals surface area contributed by atoms with Crippen molar-refractivity contribution in [2.45, 2.75) is 20.3 Å². The van der Waals surface area contributed by atoms with E-state index in [0.717, 1.165) is 12.0 Å². The molecule has 0 radical (unpaired) electrons. The largest absolute Gasteiger partial charge is 0.214 e. The second-order valence-electron chi connectivity index (χ2n) is 4.21. The Morgan fingerprint density at radius 2 is 2.27 bits per heavy atom. The van der Waals surface area contributed by atoms with E-state index < -0.39 is 10.0 Å². The summed E-state index contributed by atoms with van der Waals surface area (Å²) >= 11 is 5.63. The van der Waals surface area contributed by atoms with Crippen LogP contribution in [0.5, 0.6) is 0 Å². The van der Waals surface area contributed by atoms with E-state index in [1.54, 1.807) is 4.31 Å². The normalized spacial score (nSPS) is 21.1. The van der Waals surface area contributed by atoms with Gasteiger partial charge in [0.25, 0.3) is 0 Å². The van der Waals surface area contributed by atoms with E-state index in [2.05, 4.69) is 6.08 Å². The van der Waals surface area contributed by atoms with Gasteiger partial charge in [-0.3, -0.25) is 0 Å². The van der Waals surface area contributed by atoms with E-state index in [0.29, 0.717) is 19.0 Å². The first kappa shape index (κ1) is 13.0. The Kier molecular flexibility index (Phi) is 4.62. The maximum absolute atomic E-state index is 11.9. The van der Waals surface area contributed by atoms with Crippen LogP contribution >= 0.6 is 11.6 Å². The maximum atomic E-state index is 11.9. The Balaban J connectivity index is 2.66. The molecule has 0 saturated heterocycles. The quantitative estimate of drug-likeness (QED) is 0.565. The summed E-state index contributed by atoms with van der Waals surface area (Å²) in [6, 6.07) is 0. The average Bonchev–Trinajstić information content (AvgIpc) is 2.17. The van der Waals surface area contributed by atoms with Gasteiger partial charge in [0, 0.05) is 19.0 Å². The van der Waals surface area contributed by atoms with Crippen LogP contribution in [-0.4, -0.2) is 37.4 Å². The Labute approximate surface area is 97.2 Å². The van der Waals surface area contributed by atoms with Crippen molar-refractivity contribution in [3.63, 3.8) is 0 Å². The van der Waals surface area contributed by atoms with E-state index in [1.165, 1.54) is 0 Å². The second kappa shape index (κ2) is 5.32. The molecule has 0 aromatic rings. The number of halogens is 1. The van der Waals surface area contributed by atoms with Crippen molar-refractivity contribution in [3.8, 4) is 0 Å².